The first kappa shape index (κ1) is 43.7. The van der Waals surface area contributed by atoms with Crippen LogP contribution in [-0.2, 0) is 27.1 Å². The Labute approximate surface area is 392 Å². The zero-order chi connectivity index (χ0) is 46.4. The first-order valence-electron chi connectivity index (χ1n) is 24.6. The third kappa shape index (κ3) is 6.65. The Kier molecular flexibility index (Phi) is 9.67. The maximum Gasteiger partial charge on any atom is 0.252 e. The molecule has 0 spiro atoms. The average molecular weight is 858 g/mol. The summed E-state index contributed by atoms with van der Waals surface area (Å²) < 4.78 is 0. The number of hydrogen-bond acceptors (Lipinski definition) is 3. The summed E-state index contributed by atoms with van der Waals surface area (Å²) >= 11 is 0. The van der Waals surface area contributed by atoms with Gasteiger partial charge >= 0.3 is 0 Å². The molecule has 0 amide bonds. The highest BCUT2D eigenvalue weighted by molar-refractivity contribution is 7.00. The van der Waals surface area contributed by atoms with Crippen molar-refractivity contribution in [1.82, 2.24) is 0 Å². The van der Waals surface area contributed by atoms with Crippen LogP contribution in [0.4, 0.5) is 45.5 Å². The summed E-state index contributed by atoms with van der Waals surface area (Å²) in [6, 6.07) is 46.1. The zero-order valence-corrected chi connectivity index (χ0v) is 42.2. The molecule has 0 aromatic heterocycles. The van der Waals surface area contributed by atoms with Crippen molar-refractivity contribution in [3.8, 4) is 0 Å². The van der Waals surface area contributed by atoms with Gasteiger partial charge in [-0.25, -0.2) is 0 Å². The number of para-hydroxylation sites is 1. The Morgan fingerprint density at radius 1 is 0.446 bits per heavy atom. The molecule has 3 nitrogen and oxygen atoms in total. The van der Waals surface area contributed by atoms with E-state index in [0.29, 0.717) is 0 Å². The molecule has 6 aromatic rings. The molecule has 65 heavy (non-hydrogen) atoms. The average Bonchev–Trinajstić information content (AvgIpc) is 3.45. The van der Waals surface area contributed by atoms with Gasteiger partial charge in [0.2, 0.25) is 0 Å². The molecule has 2 unspecified atom stereocenters. The number of nitrogens with zero attached hydrogens (tertiary/aromatic N) is 3. The van der Waals surface area contributed by atoms with Gasteiger partial charge in [0.1, 0.15) is 0 Å². The van der Waals surface area contributed by atoms with Gasteiger partial charge in [-0.15, -0.1) is 0 Å². The van der Waals surface area contributed by atoms with Crippen LogP contribution in [0, 0.1) is 6.92 Å². The van der Waals surface area contributed by atoms with E-state index in [1.807, 2.05) is 0 Å². The molecule has 1 aliphatic carbocycles. The molecule has 0 saturated heterocycles. The van der Waals surface area contributed by atoms with Crippen LogP contribution < -0.4 is 31.1 Å². The third-order valence-corrected chi connectivity index (χ3v) is 16.3. The molecule has 10 rings (SSSR count). The van der Waals surface area contributed by atoms with Gasteiger partial charge in [0.05, 0.1) is 5.54 Å². The Bertz CT molecular complexity index is 2880. The molecule has 0 bridgehead atoms. The van der Waals surface area contributed by atoms with Crippen molar-refractivity contribution in [3.05, 3.63) is 149 Å². The normalized spacial score (nSPS) is 20.3. The van der Waals surface area contributed by atoms with Crippen LogP contribution in [0.1, 0.15) is 156 Å². The summed E-state index contributed by atoms with van der Waals surface area (Å²) in [7, 11) is 0. The van der Waals surface area contributed by atoms with E-state index < -0.39 is 0 Å². The van der Waals surface area contributed by atoms with E-state index in [1.165, 1.54) is 121 Å². The van der Waals surface area contributed by atoms with E-state index in [-0.39, 0.29) is 39.3 Å². The zero-order valence-electron chi connectivity index (χ0n) is 42.2. The van der Waals surface area contributed by atoms with Crippen molar-refractivity contribution in [2.75, 3.05) is 14.7 Å². The standard InChI is InChI=1S/C61H72BN3/c1-39-34-41(57(5,6)7)24-30-49(39)64-51-31-25-42(58(8,9)10)35-48(51)62-47-29-28-45(65-50-21-17-16-20-46(50)60(14)32-18-19-33-61(60,65)15)38-52(47)63(44-26-22-40(23-27-44)56(2,3)4)53-36-43(59(11,12)13)37-54(64)55(53)62/h16-17,20-31,34-38H,18-19,32-33H2,1-15H3. The molecule has 334 valence electrons. The van der Waals surface area contributed by atoms with E-state index in [0.717, 1.165) is 0 Å². The van der Waals surface area contributed by atoms with Crippen molar-refractivity contribution >= 4 is 68.6 Å². The molecule has 4 heteroatoms. The van der Waals surface area contributed by atoms with Crippen LogP contribution in [0.25, 0.3) is 0 Å². The predicted octanol–water partition coefficient (Wildman–Crippen LogP) is 15.0. The first-order chi connectivity index (χ1) is 30.4. The number of rotatable bonds is 3. The van der Waals surface area contributed by atoms with Crippen LogP contribution in [0.15, 0.2) is 115 Å². The van der Waals surface area contributed by atoms with Crippen molar-refractivity contribution in [1.29, 1.82) is 0 Å². The van der Waals surface area contributed by atoms with Crippen LogP contribution in [0.2, 0.25) is 0 Å². The number of anilines is 8. The number of fused-ring (bicyclic) bond motifs is 7. The Morgan fingerprint density at radius 3 is 1.63 bits per heavy atom. The van der Waals surface area contributed by atoms with Crippen LogP contribution >= 0.6 is 0 Å². The second-order valence-electron chi connectivity index (χ2n) is 24.8. The van der Waals surface area contributed by atoms with Gasteiger partial charge in [-0.05, 0) is 153 Å². The second-order valence-corrected chi connectivity index (χ2v) is 24.8. The SMILES string of the molecule is Cc1cc(C(C)(C)C)ccc1N1c2ccc(C(C)(C)C)cc2B2c3ccc(N4c5ccccc5C5(C)CCCCC45C)cc3N(c3ccc(C(C)(C)C)cc3)c3cc(C(C)(C)C)cc1c32. The quantitative estimate of drug-likeness (QED) is 0.164. The second kappa shape index (κ2) is 14.4. The fourth-order valence-electron chi connectivity index (χ4n) is 12.1. The van der Waals surface area contributed by atoms with Gasteiger partial charge in [0.15, 0.2) is 0 Å². The van der Waals surface area contributed by atoms with Gasteiger partial charge in [0.25, 0.3) is 6.71 Å². The molecule has 0 radical (unpaired) electrons. The van der Waals surface area contributed by atoms with Gasteiger partial charge < -0.3 is 14.7 Å². The minimum atomic E-state index is -0.0998. The first-order valence-corrected chi connectivity index (χ1v) is 24.6. The monoisotopic (exact) mass is 858 g/mol. The lowest BCUT2D eigenvalue weighted by Crippen LogP contribution is -2.61. The fraction of sp³-hybridized carbons (Fsp3) is 0.410. The predicted molar refractivity (Wildman–Crippen MR) is 283 cm³/mol. The molecule has 1 fully saturated rings. The van der Waals surface area contributed by atoms with Crippen LogP contribution in [0.5, 0.6) is 0 Å². The lowest BCUT2D eigenvalue weighted by Gasteiger charge is -2.50. The highest BCUT2D eigenvalue weighted by atomic mass is 15.3. The molecular weight excluding hydrogens is 786 g/mol. The highest BCUT2D eigenvalue weighted by Gasteiger charge is 2.58. The van der Waals surface area contributed by atoms with Crippen molar-refractivity contribution < 1.29 is 0 Å². The van der Waals surface area contributed by atoms with Gasteiger partial charge in [0, 0.05) is 50.9 Å². The van der Waals surface area contributed by atoms with Crippen LogP contribution in [-0.4, -0.2) is 12.3 Å². The van der Waals surface area contributed by atoms with E-state index >= 15 is 0 Å². The van der Waals surface area contributed by atoms with E-state index in [1.54, 1.807) is 0 Å². The minimum Gasteiger partial charge on any atom is -0.334 e. The number of aryl methyl sites for hydroxylation is 1. The van der Waals surface area contributed by atoms with Crippen molar-refractivity contribution in [3.63, 3.8) is 0 Å². The Balaban J connectivity index is 1.30. The maximum atomic E-state index is 2.76. The topological polar surface area (TPSA) is 9.72 Å². The van der Waals surface area contributed by atoms with Crippen molar-refractivity contribution in [2.24, 2.45) is 0 Å². The Morgan fingerprint density at radius 2 is 1.00 bits per heavy atom. The minimum absolute atomic E-state index is 0.0171. The molecule has 0 N–H and O–H groups in total. The third-order valence-electron chi connectivity index (χ3n) is 16.3. The van der Waals surface area contributed by atoms with Crippen LogP contribution in [0.3, 0.4) is 0 Å². The summed E-state index contributed by atoms with van der Waals surface area (Å²) in [6.45, 7) is 35.6. The lowest BCUT2D eigenvalue weighted by molar-refractivity contribution is 0.195. The van der Waals surface area contributed by atoms with Crippen molar-refractivity contribution in [2.45, 2.75) is 162 Å². The van der Waals surface area contributed by atoms with Gasteiger partial charge in [-0.3, -0.25) is 0 Å². The highest BCUT2D eigenvalue weighted by Crippen LogP contribution is 2.61. The molecular formula is C61H72BN3. The number of benzene rings is 6. The molecule has 2 atom stereocenters. The smallest absolute Gasteiger partial charge is 0.252 e. The molecule has 6 aromatic carbocycles. The Hall–Kier alpha value is -5.22. The largest absolute Gasteiger partial charge is 0.334 e. The lowest BCUT2D eigenvalue weighted by atomic mass is 9.33. The molecule has 3 heterocycles. The van der Waals surface area contributed by atoms with Gasteiger partial charge in [-0.2, -0.15) is 0 Å². The fourth-order valence-corrected chi connectivity index (χ4v) is 12.1. The van der Waals surface area contributed by atoms with E-state index in [4.69, 9.17) is 0 Å². The summed E-state index contributed by atoms with van der Waals surface area (Å²) in [4.78, 5) is 8.03. The molecule has 3 aliphatic heterocycles. The summed E-state index contributed by atoms with van der Waals surface area (Å²) in [5.74, 6) is 0. The number of hydrogen-bond donors (Lipinski definition) is 0. The maximum absolute atomic E-state index is 2.76. The van der Waals surface area contributed by atoms with Gasteiger partial charge in [-0.1, -0.05) is 164 Å². The summed E-state index contributed by atoms with van der Waals surface area (Å²) in [5, 5.41) is 0. The summed E-state index contributed by atoms with van der Waals surface area (Å²) in [6.07, 6.45) is 4.92. The molecule has 1 saturated carbocycles. The summed E-state index contributed by atoms with van der Waals surface area (Å²) in [5.41, 5.74) is 22.5. The van der Waals surface area contributed by atoms with E-state index in [2.05, 4.69) is 234 Å². The molecule has 4 aliphatic rings. The van der Waals surface area contributed by atoms with E-state index in [9.17, 15) is 0 Å².